The quantitative estimate of drug-likeness (QED) is 0.453. The Morgan fingerprint density at radius 1 is 1.07 bits per heavy atom. The van der Waals surface area contributed by atoms with Gasteiger partial charge in [0.1, 0.15) is 5.69 Å². The molecule has 0 saturated carbocycles. The maximum Gasteiger partial charge on any atom is 0.277 e. The van der Waals surface area contributed by atoms with Gasteiger partial charge in [-0.2, -0.15) is 0 Å². The van der Waals surface area contributed by atoms with Crippen molar-refractivity contribution in [2.75, 3.05) is 10.6 Å². The third kappa shape index (κ3) is 4.08. The number of aromatic nitrogens is 2. The zero-order chi connectivity index (χ0) is 19.3. The molecule has 3 N–H and O–H groups in total. The number of aliphatic hydroxyl groups excluding tert-OH is 1. The fourth-order valence-electron chi connectivity index (χ4n) is 2.48. The van der Waals surface area contributed by atoms with Crippen LogP contribution in [0.4, 0.5) is 16.5 Å². The van der Waals surface area contributed by atoms with Gasteiger partial charge in [0, 0.05) is 22.8 Å². The average molecular weight is 392 g/mol. The highest BCUT2D eigenvalue weighted by molar-refractivity contribution is 7.14. The van der Waals surface area contributed by atoms with E-state index in [1.54, 1.807) is 18.2 Å². The first kappa shape index (κ1) is 17.9. The lowest BCUT2D eigenvalue weighted by Gasteiger charge is -2.02. The summed E-state index contributed by atoms with van der Waals surface area (Å²) < 4.78 is 5.28. The van der Waals surface area contributed by atoms with Gasteiger partial charge in [0.05, 0.1) is 6.61 Å². The first-order chi connectivity index (χ1) is 13.7. The molecule has 4 aromatic rings. The summed E-state index contributed by atoms with van der Waals surface area (Å²) in [5.41, 5.74) is 3.16. The highest BCUT2D eigenvalue weighted by Gasteiger charge is 2.16. The second kappa shape index (κ2) is 8.03. The van der Waals surface area contributed by atoms with Gasteiger partial charge in [-0.15, -0.1) is 11.3 Å². The van der Waals surface area contributed by atoms with Crippen LogP contribution in [0.15, 0.2) is 70.6 Å². The predicted octanol–water partition coefficient (Wildman–Crippen LogP) is 4.29. The van der Waals surface area contributed by atoms with Crippen molar-refractivity contribution in [3.8, 4) is 11.5 Å². The molecule has 140 valence electrons. The van der Waals surface area contributed by atoms with Crippen LogP contribution < -0.4 is 10.6 Å². The van der Waals surface area contributed by atoms with Gasteiger partial charge in [0.2, 0.25) is 0 Å². The Labute approximate surface area is 164 Å². The van der Waals surface area contributed by atoms with Gasteiger partial charge in [-0.25, -0.2) is 4.98 Å². The zero-order valence-electron chi connectivity index (χ0n) is 14.6. The van der Waals surface area contributed by atoms with Crippen LogP contribution in [0.2, 0.25) is 0 Å². The Hall–Kier alpha value is -3.49. The van der Waals surface area contributed by atoms with E-state index >= 15 is 0 Å². The minimum Gasteiger partial charge on any atom is -0.392 e. The number of hydrogen-bond donors (Lipinski definition) is 3. The first-order valence-corrected chi connectivity index (χ1v) is 9.35. The molecule has 0 aliphatic rings. The second-order valence-corrected chi connectivity index (χ2v) is 6.77. The Balaban J connectivity index is 1.44. The van der Waals surface area contributed by atoms with E-state index in [9.17, 15) is 4.79 Å². The van der Waals surface area contributed by atoms with E-state index in [1.807, 2.05) is 47.8 Å². The van der Waals surface area contributed by atoms with Crippen LogP contribution in [0.5, 0.6) is 0 Å². The van der Waals surface area contributed by atoms with Crippen LogP contribution in [0.25, 0.3) is 11.5 Å². The third-order valence-electron chi connectivity index (χ3n) is 3.92. The number of benzene rings is 2. The molecule has 0 bridgehead atoms. The lowest BCUT2D eigenvalue weighted by atomic mass is 10.2. The molecule has 2 heterocycles. The molecule has 2 aromatic heterocycles. The van der Waals surface area contributed by atoms with E-state index in [2.05, 4.69) is 20.8 Å². The van der Waals surface area contributed by atoms with E-state index in [-0.39, 0.29) is 18.2 Å². The number of amides is 1. The van der Waals surface area contributed by atoms with Crippen LogP contribution in [-0.2, 0) is 6.61 Å². The Bertz CT molecular complexity index is 1070. The number of para-hydroxylation sites is 1. The summed E-state index contributed by atoms with van der Waals surface area (Å²) in [6.07, 6.45) is 0. The largest absolute Gasteiger partial charge is 0.392 e. The second-order valence-electron chi connectivity index (χ2n) is 5.91. The summed E-state index contributed by atoms with van der Waals surface area (Å²) in [5.74, 6) is 0.0666. The molecule has 4 rings (SSSR count). The van der Waals surface area contributed by atoms with Crippen molar-refractivity contribution in [3.05, 3.63) is 77.3 Å². The van der Waals surface area contributed by atoms with Crippen molar-refractivity contribution in [1.29, 1.82) is 0 Å². The van der Waals surface area contributed by atoms with Crippen molar-refractivity contribution < 1.29 is 14.4 Å². The van der Waals surface area contributed by atoms with Gasteiger partial charge in [0.25, 0.3) is 5.91 Å². The number of anilines is 3. The van der Waals surface area contributed by atoms with E-state index in [1.165, 1.54) is 11.3 Å². The summed E-state index contributed by atoms with van der Waals surface area (Å²) in [6, 6.07) is 18.1. The Morgan fingerprint density at radius 2 is 1.86 bits per heavy atom. The van der Waals surface area contributed by atoms with Crippen LogP contribution in [0, 0.1) is 0 Å². The molecule has 0 aliphatic carbocycles. The highest BCUT2D eigenvalue weighted by Crippen LogP contribution is 2.28. The predicted molar refractivity (Wildman–Crippen MR) is 108 cm³/mol. The lowest BCUT2D eigenvalue weighted by molar-refractivity contribution is 0.101. The number of aliphatic hydroxyl groups is 1. The number of nitrogens with one attached hydrogen (secondary N) is 2. The van der Waals surface area contributed by atoms with Crippen molar-refractivity contribution in [1.82, 2.24) is 10.1 Å². The molecular formula is C20H16N4O3S. The van der Waals surface area contributed by atoms with Crippen molar-refractivity contribution in [2.24, 2.45) is 0 Å². The molecular weight excluding hydrogens is 376 g/mol. The van der Waals surface area contributed by atoms with Gasteiger partial charge in [-0.1, -0.05) is 35.5 Å². The van der Waals surface area contributed by atoms with Crippen molar-refractivity contribution >= 4 is 33.8 Å². The number of rotatable bonds is 6. The van der Waals surface area contributed by atoms with E-state index in [4.69, 9.17) is 9.63 Å². The molecule has 0 spiro atoms. The topological polar surface area (TPSA) is 100 Å². The van der Waals surface area contributed by atoms with E-state index in [0.29, 0.717) is 22.3 Å². The van der Waals surface area contributed by atoms with E-state index < -0.39 is 0 Å². The highest BCUT2D eigenvalue weighted by atomic mass is 32.1. The smallest absolute Gasteiger partial charge is 0.277 e. The molecule has 0 fully saturated rings. The molecule has 0 radical (unpaired) electrons. The first-order valence-electron chi connectivity index (χ1n) is 8.47. The van der Waals surface area contributed by atoms with Crippen molar-refractivity contribution in [3.63, 3.8) is 0 Å². The lowest BCUT2D eigenvalue weighted by Crippen LogP contribution is -2.11. The third-order valence-corrected chi connectivity index (χ3v) is 4.68. The number of hydrogen-bond acceptors (Lipinski definition) is 7. The molecule has 28 heavy (non-hydrogen) atoms. The summed E-state index contributed by atoms with van der Waals surface area (Å²) >= 11 is 1.41. The standard InChI is InChI=1S/C20H16N4O3S/c25-11-13-6-8-15(9-7-13)22-20-23-17(12-28-20)18-10-16(24-27-18)19(26)21-14-4-2-1-3-5-14/h1-10,12,25H,11H2,(H,21,26)(H,22,23). The summed E-state index contributed by atoms with van der Waals surface area (Å²) in [5, 5.41) is 21.4. The molecule has 2 aromatic carbocycles. The Morgan fingerprint density at radius 3 is 2.61 bits per heavy atom. The summed E-state index contributed by atoms with van der Waals surface area (Å²) in [4.78, 5) is 16.7. The molecule has 0 aliphatic heterocycles. The maximum absolute atomic E-state index is 12.3. The Kier molecular flexibility index (Phi) is 5.14. The summed E-state index contributed by atoms with van der Waals surface area (Å²) in [7, 11) is 0. The molecule has 7 nitrogen and oxygen atoms in total. The SMILES string of the molecule is O=C(Nc1ccccc1)c1cc(-c2csc(Nc3ccc(CO)cc3)n2)on1. The van der Waals surface area contributed by atoms with Gasteiger partial charge in [-0.05, 0) is 29.8 Å². The number of carbonyl (C=O) groups excluding carboxylic acids is 1. The van der Waals surface area contributed by atoms with Crippen LogP contribution >= 0.6 is 11.3 Å². The number of thiazole rings is 1. The van der Waals surface area contributed by atoms with Crippen LogP contribution in [-0.4, -0.2) is 21.2 Å². The molecule has 0 atom stereocenters. The molecule has 8 heteroatoms. The fraction of sp³-hybridized carbons (Fsp3) is 0.0500. The fourth-order valence-corrected chi connectivity index (χ4v) is 3.20. The van der Waals surface area contributed by atoms with Gasteiger partial charge in [-0.3, -0.25) is 4.79 Å². The van der Waals surface area contributed by atoms with Crippen LogP contribution in [0.3, 0.4) is 0 Å². The number of nitrogens with zero attached hydrogens (tertiary/aromatic N) is 2. The summed E-state index contributed by atoms with van der Waals surface area (Å²) in [6.45, 7) is 0.00730. The minimum absolute atomic E-state index is 0.00730. The average Bonchev–Trinajstić information content (AvgIpc) is 3.39. The maximum atomic E-state index is 12.3. The van der Waals surface area contributed by atoms with Crippen LogP contribution in [0.1, 0.15) is 16.1 Å². The van der Waals surface area contributed by atoms with E-state index in [0.717, 1.165) is 11.3 Å². The minimum atomic E-state index is -0.348. The number of carbonyl (C=O) groups is 1. The van der Waals surface area contributed by atoms with Gasteiger partial charge < -0.3 is 20.3 Å². The van der Waals surface area contributed by atoms with Crippen molar-refractivity contribution in [2.45, 2.75) is 6.61 Å². The van der Waals surface area contributed by atoms with Gasteiger partial charge >= 0.3 is 0 Å². The zero-order valence-corrected chi connectivity index (χ0v) is 15.4. The normalized spacial score (nSPS) is 10.6. The van der Waals surface area contributed by atoms with Gasteiger partial charge in [0.15, 0.2) is 16.6 Å². The molecule has 1 amide bonds. The monoisotopic (exact) mass is 392 g/mol. The molecule has 0 unspecified atom stereocenters. The molecule has 0 saturated heterocycles.